The van der Waals surface area contributed by atoms with Crippen molar-refractivity contribution in [2.24, 2.45) is 0 Å². The molecule has 0 spiro atoms. The first-order valence-corrected chi connectivity index (χ1v) is 9.07. The largest absolute Gasteiger partial charge is 0.379 e. The van der Waals surface area contributed by atoms with E-state index in [4.69, 9.17) is 27.9 Å². The van der Waals surface area contributed by atoms with Crippen molar-refractivity contribution in [3.8, 4) is 0 Å². The fourth-order valence-corrected chi connectivity index (χ4v) is 3.01. The van der Waals surface area contributed by atoms with Crippen molar-refractivity contribution in [3.05, 3.63) is 33.8 Å². The Morgan fingerprint density at radius 3 is 2.44 bits per heavy atom. The van der Waals surface area contributed by atoms with E-state index in [9.17, 15) is 9.59 Å². The minimum atomic E-state index is -0.297. The van der Waals surface area contributed by atoms with Crippen molar-refractivity contribution < 1.29 is 14.3 Å². The number of nitrogens with zero attached hydrogens (tertiary/aromatic N) is 1. The second-order valence-electron chi connectivity index (χ2n) is 5.82. The average molecular weight is 388 g/mol. The van der Waals surface area contributed by atoms with Crippen LogP contribution in [0.4, 0.5) is 0 Å². The first-order chi connectivity index (χ1) is 12.0. The average Bonchev–Trinajstić information content (AvgIpc) is 2.58. The molecule has 0 atom stereocenters. The number of ether oxygens (including phenoxy) is 1. The van der Waals surface area contributed by atoms with Crippen LogP contribution in [0, 0.1) is 0 Å². The zero-order chi connectivity index (χ0) is 18.1. The lowest BCUT2D eigenvalue weighted by molar-refractivity contribution is -0.129. The van der Waals surface area contributed by atoms with E-state index in [0.717, 1.165) is 38.4 Å². The molecule has 0 unspecified atom stereocenters. The van der Waals surface area contributed by atoms with Gasteiger partial charge in [0.05, 0.1) is 13.2 Å². The van der Waals surface area contributed by atoms with Crippen LogP contribution in [0.1, 0.15) is 12.0 Å². The lowest BCUT2D eigenvalue weighted by Crippen LogP contribution is -2.42. The van der Waals surface area contributed by atoms with E-state index in [0.29, 0.717) is 29.6 Å². The second-order valence-corrected chi connectivity index (χ2v) is 6.66. The Morgan fingerprint density at radius 2 is 1.76 bits per heavy atom. The van der Waals surface area contributed by atoms with Crippen molar-refractivity contribution in [1.82, 2.24) is 15.5 Å². The van der Waals surface area contributed by atoms with Gasteiger partial charge in [-0.3, -0.25) is 14.5 Å². The highest BCUT2D eigenvalue weighted by Gasteiger charge is 2.12. The molecule has 0 bridgehead atoms. The molecule has 1 heterocycles. The summed E-state index contributed by atoms with van der Waals surface area (Å²) >= 11 is 11.9. The van der Waals surface area contributed by atoms with Gasteiger partial charge in [-0.15, -0.1) is 0 Å². The molecule has 25 heavy (non-hydrogen) atoms. The van der Waals surface area contributed by atoms with E-state index in [2.05, 4.69) is 15.5 Å². The lowest BCUT2D eigenvalue weighted by Gasteiger charge is -2.26. The second kappa shape index (κ2) is 10.6. The highest BCUT2D eigenvalue weighted by Crippen LogP contribution is 2.20. The van der Waals surface area contributed by atoms with Gasteiger partial charge in [0.1, 0.15) is 6.42 Å². The monoisotopic (exact) mass is 387 g/mol. The normalized spacial score (nSPS) is 15.0. The molecule has 0 aliphatic carbocycles. The number of carbonyl (C=O) groups excluding carboxylic acids is 2. The van der Waals surface area contributed by atoms with Gasteiger partial charge in [0.25, 0.3) is 0 Å². The van der Waals surface area contributed by atoms with Crippen LogP contribution in [0.2, 0.25) is 10.0 Å². The van der Waals surface area contributed by atoms with Crippen molar-refractivity contribution in [2.75, 3.05) is 45.9 Å². The molecule has 0 radical (unpaired) electrons. The third-order valence-corrected chi connectivity index (χ3v) is 4.49. The van der Waals surface area contributed by atoms with E-state index >= 15 is 0 Å². The maximum absolute atomic E-state index is 11.8. The van der Waals surface area contributed by atoms with Gasteiger partial charge >= 0.3 is 0 Å². The molecule has 1 aromatic rings. The van der Waals surface area contributed by atoms with Crippen LogP contribution in [-0.4, -0.2) is 62.7 Å². The number of morpholine rings is 1. The third-order valence-electron chi connectivity index (χ3n) is 3.91. The molecule has 1 aliphatic rings. The van der Waals surface area contributed by atoms with Crippen molar-refractivity contribution in [2.45, 2.75) is 12.8 Å². The van der Waals surface area contributed by atoms with Gasteiger partial charge < -0.3 is 15.4 Å². The summed E-state index contributed by atoms with van der Waals surface area (Å²) in [6, 6.07) is 5.25. The summed E-state index contributed by atoms with van der Waals surface area (Å²) in [5.41, 5.74) is 0.904. The highest BCUT2D eigenvalue weighted by atomic mass is 35.5. The van der Waals surface area contributed by atoms with E-state index in [1.54, 1.807) is 12.1 Å². The number of carbonyl (C=O) groups is 2. The van der Waals surface area contributed by atoms with Crippen LogP contribution in [-0.2, 0) is 20.7 Å². The van der Waals surface area contributed by atoms with Gasteiger partial charge in [0.15, 0.2) is 0 Å². The Bertz CT molecular complexity index is 593. The number of hydrogen-bond donors (Lipinski definition) is 2. The van der Waals surface area contributed by atoms with Crippen LogP contribution < -0.4 is 10.6 Å². The van der Waals surface area contributed by atoms with Crippen molar-refractivity contribution >= 4 is 35.0 Å². The summed E-state index contributed by atoms with van der Waals surface area (Å²) in [4.78, 5) is 25.8. The number of amides is 2. The standard InChI is InChI=1S/C17H23Cl2N3O3/c18-14-2-1-13(15(19)11-14)3-4-20-16(23)12-17(24)21-5-6-22-7-9-25-10-8-22/h1-2,11H,3-10,12H2,(H,20,23)(H,21,24). The summed E-state index contributed by atoms with van der Waals surface area (Å²) < 4.78 is 5.27. The summed E-state index contributed by atoms with van der Waals surface area (Å²) in [5.74, 6) is -0.566. The summed E-state index contributed by atoms with van der Waals surface area (Å²) in [7, 11) is 0. The predicted molar refractivity (Wildman–Crippen MR) is 98.1 cm³/mol. The maximum Gasteiger partial charge on any atom is 0.229 e. The molecule has 1 saturated heterocycles. The Balaban J connectivity index is 1.58. The van der Waals surface area contributed by atoms with Gasteiger partial charge in [-0.1, -0.05) is 29.3 Å². The van der Waals surface area contributed by atoms with Crippen LogP contribution in [0.5, 0.6) is 0 Å². The van der Waals surface area contributed by atoms with Gasteiger partial charge in [0, 0.05) is 42.8 Å². The molecule has 2 N–H and O–H groups in total. The lowest BCUT2D eigenvalue weighted by atomic mass is 10.1. The number of benzene rings is 1. The van der Waals surface area contributed by atoms with Crippen LogP contribution in [0.3, 0.4) is 0 Å². The number of nitrogens with one attached hydrogen (secondary N) is 2. The fraction of sp³-hybridized carbons (Fsp3) is 0.529. The van der Waals surface area contributed by atoms with E-state index in [1.165, 1.54) is 0 Å². The highest BCUT2D eigenvalue weighted by molar-refractivity contribution is 6.35. The maximum atomic E-state index is 11.8. The summed E-state index contributed by atoms with van der Waals surface area (Å²) in [6.45, 7) is 4.94. The first-order valence-electron chi connectivity index (χ1n) is 8.32. The number of hydrogen-bond acceptors (Lipinski definition) is 4. The van der Waals surface area contributed by atoms with E-state index in [-0.39, 0.29) is 18.2 Å². The van der Waals surface area contributed by atoms with Gasteiger partial charge in [-0.05, 0) is 24.1 Å². The topological polar surface area (TPSA) is 70.7 Å². The first kappa shape index (κ1) is 20.0. The summed E-state index contributed by atoms with van der Waals surface area (Å²) in [5, 5.41) is 6.64. The fourth-order valence-electron chi connectivity index (χ4n) is 2.51. The Morgan fingerprint density at radius 1 is 1.08 bits per heavy atom. The zero-order valence-corrected chi connectivity index (χ0v) is 15.5. The third kappa shape index (κ3) is 7.61. The molecule has 138 valence electrons. The molecule has 0 aromatic heterocycles. The quantitative estimate of drug-likeness (QED) is 0.662. The van der Waals surface area contributed by atoms with E-state index < -0.39 is 0 Å². The number of rotatable bonds is 8. The molecule has 6 nitrogen and oxygen atoms in total. The van der Waals surface area contributed by atoms with Gasteiger partial charge in [-0.2, -0.15) is 0 Å². The molecular weight excluding hydrogens is 365 g/mol. The molecule has 1 aliphatic heterocycles. The Hall–Kier alpha value is -1.34. The molecule has 0 saturated carbocycles. The number of halogens is 2. The van der Waals surface area contributed by atoms with Gasteiger partial charge in [-0.25, -0.2) is 0 Å². The van der Waals surface area contributed by atoms with E-state index in [1.807, 2.05) is 6.07 Å². The molecule has 2 amide bonds. The molecule has 8 heteroatoms. The molecular formula is C17H23Cl2N3O3. The van der Waals surface area contributed by atoms with Crippen LogP contribution in [0.15, 0.2) is 18.2 Å². The molecule has 1 aromatic carbocycles. The minimum Gasteiger partial charge on any atom is -0.379 e. The Kier molecular flexibility index (Phi) is 8.48. The van der Waals surface area contributed by atoms with Crippen molar-refractivity contribution in [1.29, 1.82) is 0 Å². The predicted octanol–water partition coefficient (Wildman–Crippen LogP) is 1.49. The zero-order valence-electron chi connectivity index (χ0n) is 14.0. The molecule has 2 rings (SSSR count). The van der Waals surface area contributed by atoms with Crippen LogP contribution >= 0.6 is 23.2 Å². The summed E-state index contributed by atoms with van der Waals surface area (Å²) in [6.07, 6.45) is 0.415. The molecule has 1 fully saturated rings. The SMILES string of the molecule is O=C(CC(=O)NCCN1CCOCC1)NCCc1ccc(Cl)cc1Cl. The van der Waals surface area contributed by atoms with Gasteiger partial charge in [0.2, 0.25) is 11.8 Å². The Labute approximate surface area is 157 Å². The van der Waals surface area contributed by atoms with Crippen molar-refractivity contribution in [3.63, 3.8) is 0 Å². The smallest absolute Gasteiger partial charge is 0.229 e. The minimum absolute atomic E-state index is 0.169. The van der Waals surface area contributed by atoms with Crippen LogP contribution in [0.25, 0.3) is 0 Å².